The Kier molecular flexibility index (Phi) is 9.86. The van der Waals surface area contributed by atoms with Gasteiger partial charge in [0, 0.05) is 25.5 Å². The minimum atomic E-state index is -5.08. The van der Waals surface area contributed by atoms with Gasteiger partial charge in [0.2, 0.25) is 16.0 Å². The van der Waals surface area contributed by atoms with Crippen LogP contribution in [0.15, 0.2) is 59.5 Å². The molecule has 38 heavy (non-hydrogen) atoms. The van der Waals surface area contributed by atoms with Gasteiger partial charge in [-0.25, -0.2) is 22.9 Å². The maximum absolute atomic E-state index is 12.4. The molecule has 9 nitrogen and oxygen atoms in total. The Balaban J connectivity index is 0.000000505. The molecule has 206 valence electrons. The number of fused-ring (bicyclic) bond motifs is 1. The fourth-order valence-corrected chi connectivity index (χ4v) is 5.27. The molecule has 0 radical (unpaired) electrons. The Bertz CT molecular complexity index is 1320. The fraction of sp³-hybridized carbons (Fsp3) is 0.400. The number of para-hydroxylation sites is 1. The number of carbonyl (C=O) groups is 1. The number of nitrogens with zero attached hydrogens (tertiary/aromatic N) is 2. The second-order valence-corrected chi connectivity index (χ2v) is 10.7. The molecule has 1 fully saturated rings. The van der Waals surface area contributed by atoms with Gasteiger partial charge in [0.1, 0.15) is 5.82 Å². The van der Waals surface area contributed by atoms with Crippen molar-refractivity contribution in [3.63, 3.8) is 0 Å². The second-order valence-electron chi connectivity index (χ2n) is 8.90. The predicted molar refractivity (Wildman–Crippen MR) is 138 cm³/mol. The average molecular weight is 554 g/mol. The van der Waals surface area contributed by atoms with Crippen LogP contribution in [0.4, 0.5) is 24.9 Å². The van der Waals surface area contributed by atoms with E-state index in [1.165, 1.54) is 0 Å². The normalized spacial score (nSPS) is 17.8. The third kappa shape index (κ3) is 8.28. The lowest BCUT2D eigenvalue weighted by molar-refractivity contribution is -0.192. The highest BCUT2D eigenvalue weighted by molar-refractivity contribution is 7.89. The first-order chi connectivity index (χ1) is 18.0. The molecule has 1 saturated carbocycles. The summed E-state index contributed by atoms with van der Waals surface area (Å²) in [5, 5.41) is 14.7. The zero-order valence-corrected chi connectivity index (χ0v) is 21.5. The lowest BCUT2D eigenvalue weighted by atomic mass is 9.82. The van der Waals surface area contributed by atoms with Gasteiger partial charge in [0.25, 0.3) is 0 Å². The molecule has 1 heterocycles. The van der Waals surface area contributed by atoms with Crippen LogP contribution < -0.4 is 15.4 Å². The van der Waals surface area contributed by atoms with Crippen molar-refractivity contribution in [2.24, 2.45) is 11.8 Å². The molecule has 0 aliphatic heterocycles. The third-order valence-corrected chi connectivity index (χ3v) is 7.65. The Hall–Kier alpha value is -3.45. The summed E-state index contributed by atoms with van der Waals surface area (Å²) < 4.78 is 59.3. The molecule has 1 aromatic heterocycles. The van der Waals surface area contributed by atoms with Crippen molar-refractivity contribution in [2.45, 2.75) is 36.8 Å². The fourth-order valence-electron chi connectivity index (χ4n) is 4.13. The van der Waals surface area contributed by atoms with Crippen molar-refractivity contribution in [3.8, 4) is 0 Å². The van der Waals surface area contributed by atoms with Gasteiger partial charge in [-0.15, -0.1) is 0 Å². The number of sulfonamides is 1. The van der Waals surface area contributed by atoms with Crippen molar-refractivity contribution < 1.29 is 31.5 Å². The summed E-state index contributed by atoms with van der Waals surface area (Å²) in [5.74, 6) is -0.381. The van der Waals surface area contributed by atoms with Crippen molar-refractivity contribution in [1.82, 2.24) is 14.7 Å². The first-order valence-corrected chi connectivity index (χ1v) is 13.5. The summed E-state index contributed by atoms with van der Waals surface area (Å²) in [4.78, 5) is 18.4. The standard InChI is InChI=1S/C23H29N5O2S.C2HF3O2/c1-24-22-20-9-5-6-10-21(20)27-23(28-22)25-15-17-11-13-18(14-12-17)16-26-31(29,30)19-7-3-2-4-8-19;3-2(4,5)1(6)7/h2-10,17-18,26H,11-16H2,1H3,(H2,24,25,27,28);(H,6,7). The average Bonchev–Trinajstić information content (AvgIpc) is 2.91. The van der Waals surface area contributed by atoms with Crippen molar-refractivity contribution in [1.29, 1.82) is 0 Å². The Morgan fingerprint density at radius 3 is 2.08 bits per heavy atom. The van der Waals surface area contributed by atoms with E-state index >= 15 is 0 Å². The van der Waals surface area contributed by atoms with Gasteiger partial charge in [-0.2, -0.15) is 18.2 Å². The van der Waals surface area contributed by atoms with Crippen molar-refractivity contribution in [3.05, 3.63) is 54.6 Å². The predicted octanol–water partition coefficient (Wildman–Crippen LogP) is 4.50. The second kappa shape index (κ2) is 12.9. The first-order valence-electron chi connectivity index (χ1n) is 12.0. The molecule has 13 heteroatoms. The van der Waals surface area contributed by atoms with Crippen LogP contribution in [-0.4, -0.2) is 55.8 Å². The van der Waals surface area contributed by atoms with Crippen LogP contribution in [0.2, 0.25) is 0 Å². The minimum Gasteiger partial charge on any atom is -0.475 e. The van der Waals surface area contributed by atoms with Gasteiger partial charge in [-0.3, -0.25) is 0 Å². The zero-order valence-electron chi connectivity index (χ0n) is 20.7. The van der Waals surface area contributed by atoms with E-state index in [1.807, 2.05) is 37.4 Å². The number of halogens is 3. The Morgan fingerprint density at radius 1 is 0.947 bits per heavy atom. The molecule has 0 amide bonds. The summed E-state index contributed by atoms with van der Waals surface area (Å²) in [6.45, 7) is 1.32. The van der Waals surface area contributed by atoms with E-state index in [1.54, 1.807) is 24.3 Å². The highest BCUT2D eigenvalue weighted by atomic mass is 32.2. The van der Waals surface area contributed by atoms with E-state index in [-0.39, 0.29) is 0 Å². The molecule has 2 aromatic carbocycles. The third-order valence-electron chi connectivity index (χ3n) is 6.21. The first kappa shape index (κ1) is 29.1. The molecular formula is C25H30F3N5O4S. The van der Waals surface area contributed by atoms with E-state index in [0.717, 1.165) is 48.9 Å². The topological polar surface area (TPSA) is 133 Å². The van der Waals surface area contributed by atoms with E-state index in [4.69, 9.17) is 9.90 Å². The number of hydrogen-bond acceptors (Lipinski definition) is 7. The number of alkyl halides is 3. The highest BCUT2D eigenvalue weighted by Gasteiger charge is 2.38. The largest absolute Gasteiger partial charge is 0.490 e. The molecule has 4 rings (SSSR count). The number of carboxylic acid groups (broad SMARTS) is 1. The van der Waals surface area contributed by atoms with Gasteiger partial charge in [0.15, 0.2) is 0 Å². The lowest BCUT2D eigenvalue weighted by Crippen LogP contribution is -2.32. The maximum Gasteiger partial charge on any atom is 0.490 e. The minimum absolute atomic E-state index is 0.323. The summed E-state index contributed by atoms with van der Waals surface area (Å²) in [7, 11) is -1.56. The zero-order chi connectivity index (χ0) is 27.8. The number of anilines is 2. The Labute approximate surface area is 218 Å². The molecule has 0 unspecified atom stereocenters. The molecule has 1 aliphatic rings. The molecular weight excluding hydrogens is 523 g/mol. The smallest absolute Gasteiger partial charge is 0.475 e. The monoisotopic (exact) mass is 553 g/mol. The van der Waals surface area contributed by atoms with Crippen LogP contribution in [0, 0.1) is 11.8 Å². The number of hydrogen-bond donors (Lipinski definition) is 4. The lowest BCUT2D eigenvalue weighted by Gasteiger charge is -2.28. The summed E-state index contributed by atoms with van der Waals surface area (Å²) in [6.07, 6.45) is -0.914. The Morgan fingerprint density at radius 2 is 1.50 bits per heavy atom. The number of aliphatic carboxylic acids is 1. The van der Waals surface area contributed by atoms with Crippen LogP contribution in [0.3, 0.4) is 0 Å². The highest BCUT2D eigenvalue weighted by Crippen LogP contribution is 2.29. The maximum atomic E-state index is 12.4. The van der Waals surface area contributed by atoms with E-state index in [9.17, 15) is 21.6 Å². The molecule has 0 saturated heterocycles. The number of nitrogens with one attached hydrogen (secondary N) is 3. The molecule has 0 bridgehead atoms. The van der Waals surface area contributed by atoms with Crippen LogP contribution in [0.5, 0.6) is 0 Å². The molecule has 4 N–H and O–H groups in total. The molecule has 3 aromatic rings. The molecule has 0 spiro atoms. The van der Waals surface area contributed by atoms with Crippen molar-refractivity contribution >= 4 is 38.7 Å². The number of rotatable bonds is 8. The van der Waals surface area contributed by atoms with Gasteiger partial charge < -0.3 is 15.7 Å². The van der Waals surface area contributed by atoms with E-state index < -0.39 is 22.2 Å². The molecule has 0 atom stereocenters. The molecule has 1 aliphatic carbocycles. The summed E-state index contributed by atoms with van der Waals surface area (Å²) >= 11 is 0. The number of benzene rings is 2. The van der Waals surface area contributed by atoms with Gasteiger partial charge in [0.05, 0.1) is 10.4 Å². The van der Waals surface area contributed by atoms with Crippen LogP contribution in [-0.2, 0) is 14.8 Å². The summed E-state index contributed by atoms with van der Waals surface area (Å²) in [6, 6.07) is 16.5. The number of carboxylic acids is 1. The SMILES string of the molecule is CNc1nc(NCC2CCC(CNS(=O)(=O)c3ccccc3)CC2)nc2ccccc12.O=C(O)C(F)(F)F. The van der Waals surface area contributed by atoms with E-state index in [2.05, 4.69) is 25.3 Å². The van der Waals surface area contributed by atoms with Crippen LogP contribution >= 0.6 is 0 Å². The summed E-state index contributed by atoms with van der Waals surface area (Å²) in [5.41, 5.74) is 0.916. The quantitative estimate of drug-likeness (QED) is 0.321. The van der Waals surface area contributed by atoms with Crippen LogP contribution in [0.25, 0.3) is 10.9 Å². The van der Waals surface area contributed by atoms with Crippen molar-refractivity contribution in [2.75, 3.05) is 30.8 Å². The van der Waals surface area contributed by atoms with Gasteiger partial charge in [-0.05, 0) is 61.8 Å². The van der Waals surface area contributed by atoms with Gasteiger partial charge >= 0.3 is 12.1 Å². The van der Waals surface area contributed by atoms with E-state index in [0.29, 0.717) is 29.2 Å². The van der Waals surface area contributed by atoms with Gasteiger partial charge in [-0.1, -0.05) is 30.3 Å². The number of aromatic nitrogens is 2. The van der Waals surface area contributed by atoms with Crippen LogP contribution in [0.1, 0.15) is 25.7 Å².